The second-order valence-electron chi connectivity index (χ2n) is 11.4. The number of carbonyl (C=O) groups excluding carboxylic acids is 4. The van der Waals surface area contributed by atoms with Gasteiger partial charge in [0.15, 0.2) is 11.6 Å². The summed E-state index contributed by atoms with van der Waals surface area (Å²) in [6.07, 6.45) is -9.00. The van der Waals surface area contributed by atoms with Gasteiger partial charge < -0.3 is 50.3 Å². The first-order valence-electron chi connectivity index (χ1n) is 15.4. The fourth-order valence-electron chi connectivity index (χ4n) is 5.26. The summed E-state index contributed by atoms with van der Waals surface area (Å²) in [5.41, 5.74) is 0.655. The number of rotatable bonds is 14. The Kier molecular flexibility index (Phi) is 15.8. The Labute approximate surface area is 318 Å². The van der Waals surface area contributed by atoms with Gasteiger partial charge in [0, 0.05) is 42.6 Å². The number of carboxylic acids is 1. The van der Waals surface area contributed by atoms with Crippen LogP contribution in [0.4, 0.5) is 13.6 Å². The van der Waals surface area contributed by atoms with Crippen LogP contribution in [0.5, 0.6) is 0 Å². The molecule has 1 heterocycles. The van der Waals surface area contributed by atoms with Gasteiger partial charge in [-0.05, 0) is 42.3 Å². The zero-order valence-corrected chi connectivity index (χ0v) is 30.4. The number of nitrogens with one attached hydrogen (secondary N) is 3. The molecule has 3 aromatic rings. The predicted molar refractivity (Wildman–Crippen MR) is 170 cm³/mol. The second kappa shape index (κ2) is 19.2. The molecule has 0 bridgehead atoms. The van der Waals surface area contributed by atoms with E-state index in [1.807, 2.05) is 30.3 Å². The smallest absolute Gasteiger partial charge is 0.544 e. The van der Waals surface area contributed by atoms with E-state index in [-0.39, 0.29) is 41.7 Å². The van der Waals surface area contributed by atoms with E-state index in [2.05, 4.69) is 16.0 Å². The molecule has 0 saturated carbocycles. The topological polar surface area (TPSA) is 196 Å². The molecule has 4 rings (SSSR count). The Bertz CT molecular complexity index is 1660. The summed E-state index contributed by atoms with van der Waals surface area (Å²) in [6, 6.07) is 16.5. The minimum absolute atomic E-state index is 0. The molecule has 17 heteroatoms. The van der Waals surface area contributed by atoms with Gasteiger partial charge in [-0.15, -0.1) is 0 Å². The number of ether oxygens (including phenoxy) is 3. The first kappa shape index (κ1) is 41.7. The number of alkyl carbamates (subject to hydrolysis) is 1. The fourth-order valence-corrected chi connectivity index (χ4v) is 5.39. The molecule has 0 unspecified atom stereocenters. The summed E-state index contributed by atoms with van der Waals surface area (Å²) in [5.74, 6) is -8.91. The van der Waals surface area contributed by atoms with Gasteiger partial charge in [0.25, 0.3) is 5.91 Å². The maximum absolute atomic E-state index is 14.5. The number of hydrogen-bond donors (Lipinski definition) is 5. The number of carboxylic acid groups (broad SMARTS) is 1. The number of amides is 3. The van der Waals surface area contributed by atoms with Crippen LogP contribution in [0.3, 0.4) is 0 Å². The van der Waals surface area contributed by atoms with Gasteiger partial charge in [-0.1, -0.05) is 54.1 Å². The average Bonchev–Trinajstić information content (AvgIpc) is 3.08. The molecule has 3 amide bonds. The first-order valence-corrected chi connectivity index (χ1v) is 15.8. The molecule has 0 aliphatic carbocycles. The molecule has 1 saturated heterocycles. The van der Waals surface area contributed by atoms with Crippen molar-refractivity contribution in [3.8, 4) is 0 Å². The van der Waals surface area contributed by atoms with E-state index >= 15 is 0 Å². The third-order valence-electron chi connectivity index (χ3n) is 7.82. The average molecular weight is 742 g/mol. The molecule has 0 spiro atoms. The number of benzene rings is 3. The summed E-state index contributed by atoms with van der Waals surface area (Å²) in [4.78, 5) is 50.6. The monoisotopic (exact) mass is 741 g/mol. The third kappa shape index (κ3) is 11.4. The van der Waals surface area contributed by atoms with E-state index in [9.17, 15) is 43.3 Å². The number of halogens is 3. The molecule has 268 valence electrons. The van der Waals surface area contributed by atoms with Crippen molar-refractivity contribution >= 4 is 35.5 Å². The molecule has 0 aromatic heterocycles. The summed E-state index contributed by atoms with van der Waals surface area (Å²) in [5, 5.41) is 42.7. The number of aliphatic hydroxyl groups excluding tert-OH is 2. The van der Waals surface area contributed by atoms with Crippen molar-refractivity contribution in [2.75, 3.05) is 13.1 Å². The van der Waals surface area contributed by atoms with Crippen LogP contribution in [0, 0.1) is 11.6 Å². The zero-order chi connectivity index (χ0) is 36.4. The predicted octanol–water partition coefficient (Wildman–Crippen LogP) is -1.63. The van der Waals surface area contributed by atoms with Gasteiger partial charge in [0.2, 0.25) is 11.7 Å². The van der Waals surface area contributed by atoms with Crippen LogP contribution in [-0.4, -0.2) is 83.4 Å². The molecular formula is C34H35ClF2N3NaO10. The number of aliphatic carboxylic acids is 1. The molecule has 1 aliphatic heterocycles. The van der Waals surface area contributed by atoms with E-state index in [0.29, 0.717) is 11.4 Å². The SMILES string of the molecule is CC(=O)N[C@H]1[C@H]([C@H](O)[C@H](O)CNC(=O)c2ccc(Cl)cc2)O[C@@](OCc2cccc(F)c2F)(C(=O)[O-])C[C@@H]1OC(=O)NCCc1ccccc1.[Na+]. The Hall–Kier alpha value is -3.67. The second-order valence-corrected chi connectivity index (χ2v) is 11.9. The van der Waals surface area contributed by atoms with Gasteiger partial charge in [0.1, 0.15) is 24.3 Å². The van der Waals surface area contributed by atoms with E-state index in [0.717, 1.165) is 30.7 Å². The molecule has 3 aromatic carbocycles. The maximum atomic E-state index is 14.5. The van der Waals surface area contributed by atoms with E-state index in [1.165, 1.54) is 24.3 Å². The number of aliphatic hydroxyl groups is 2. The maximum Gasteiger partial charge on any atom is 1.00 e. The number of carbonyl (C=O) groups is 4. The Morgan fingerprint density at radius 2 is 1.71 bits per heavy atom. The van der Waals surface area contributed by atoms with Gasteiger partial charge in [0.05, 0.1) is 18.8 Å². The van der Waals surface area contributed by atoms with Crippen molar-refractivity contribution in [2.24, 2.45) is 0 Å². The fraction of sp³-hybridized carbons (Fsp3) is 0.353. The third-order valence-corrected chi connectivity index (χ3v) is 8.07. The molecule has 13 nitrogen and oxygen atoms in total. The Morgan fingerprint density at radius 3 is 2.35 bits per heavy atom. The summed E-state index contributed by atoms with van der Waals surface area (Å²) >= 11 is 5.86. The van der Waals surface area contributed by atoms with Gasteiger partial charge in [-0.3, -0.25) is 9.59 Å². The van der Waals surface area contributed by atoms with Crippen LogP contribution in [0.25, 0.3) is 0 Å². The van der Waals surface area contributed by atoms with E-state index < -0.39 is 96.9 Å². The van der Waals surface area contributed by atoms with Crippen molar-refractivity contribution in [3.05, 3.63) is 106 Å². The molecule has 1 fully saturated rings. The Balaban J connectivity index is 0.00000702. The molecule has 0 radical (unpaired) electrons. The number of hydrogen-bond acceptors (Lipinski definition) is 10. The van der Waals surface area contributed by atoms with Gasteiger partial charge >= 0.3 is 35.7 Å². The van der Waals surface area contributed by atoms with Crippen LogP contribution in [0.2, 0.25) is 5.02 Å². The van der Waals surface area contributed by atoms with Gasteiger partial charge in [-0.25, -0.2) is 13.6 Å². The van der Waals surface area contributed by atoms with Crippen LogP contribution in [0.15, 0.2) is 72.8 Å². The molecule has 6 atom stereocenters. The van der Waals surface area contributed by atoms with Crippen molar-refractivity contribution in [1.29, 1.82) is 0 Å². The van der Waals surface area contributed by atoms with Crippen molar-refractivity contribution < 1.29 is 87.0 Å². The summed E-state index contributed by atoms with van der Waals surface area (Å²) < 4.78 is 45.1. The summed E-state index contributed by atoms with van der Waals surface area (Å²) in [6.45, 7) is -0.307. The van der Waals surface area contributed by atoms with Crippen molar-refractivity contribution in [3.63, 3.8) is 0 Å². The largest absolute Gasteiger partial charge is 1.00 e. The van der Waals surface area contributed by atoms with Crippen LogP contribution in [-0.2, 0) is 36.8 Å². The minimum Gasteiger partial charge on any atom is -0.544 e. The zero-order valence-electron chi connectivity index (χ0n) is 27.6. The van der Waals surface area contributed by atoms with Crippen molar-refractivity contribution in [2.45, 2.75) is 62.6 Å². The summed E-state index contributed by atoms with van der Waals surface area (Å²) in [7, 11) is 0. The van der Waals surface area contributed by atoms with Gasteiger partial charge in [-0.2, -0.15) is 0 Å². The van der Waals surface area contributed by atoms with E-state index in [4.69, 9.17) is 25.8 Å². The standard InChI is InChI=1S/C34H36ClF2N3O10.Na/c1-19(41)40-28-26(49-33(47)38-15-14-20-6-3-2-4-7-20)16-34(32(45)46,48-18-22-8-5-9-24(36)27(22)37)50-30(28)29(43)25(42)17-39-31(44)21-10-12-23(35)13-11-21;/h2-13,25-26,28-30,42-43H,14-18H2,1H3,(H,38,47)(H,39,44)(H,40,41)(H,45,46);/q;+1/p-1/t25-,26+,28-,29-,30-,34-;/m1./s1. The quantitative estimate of drug-likeness (QED) is 0.120. The first-order chi connectivity index (χ1) is 23.8. The minimum atomic E-state index is -2.90. The van der Waals surface area contributed by atoms with Crippen LogP contribution >= 0.6 is 11.6 Å². The van der Waals surface area contributed by atoms with Crippen molar-refractivity contribution in [1.82, 2.24) is 16.0 Å². The molecule has 51 heavy (non-hydrogen) atoms. The molecule has 1 aliphatic rings. The van der Waals surface area contributed by atoms with Crippen LogP contribution < -0.4 is 50.6 Å². The molecule has 5 N–H and O–H groups in total. The van der Waals surface area contributed by atoms with Crippen LogP contribution in [0.1, 0.15) is 34.8 Å². The van der Waals surface area contributed by atoms with E-state index in [1.54, 1.807) is 0 Å². The molecular weight excluding hydrogens is 707 g/mol. The normalized spacial score (nSPS) is 20.9. The Morgan fingerprint density at radius 1 is 1.02 bits per heavy atom.